The van der Waals surface area contributed by atoms with Gasteiger partial charge in [0.05, 0.1) is 19.7 Å². The summed E-state index contributed by atoms with van der Waals surface area (Å²) in [5, 5.41) is 9.50. The molecular formula is C24H23FN4O5. The molecule has 2 amide bonds. The number of urea groups is 1. The predicted molar refractivity (Wildman–Crippen MR) is 125 cm³/mol. The van der Waals surface area contributed by atoms with Crippen molar-refractivity contribution in [1.29, 1.82) is 0 Å². The lowest BCUT2D eigenvalue weighted by atomic mass is 10.2. The SMILES string of the molecule is COc1cc2nccc(Oc3ccc(NC(=O)Nc4cc(C(C)C)on4)cc3F)c2cc1OC. The number of hydrogen-bond acceptors (Lipinski definition) is 7. The van der Waals surface area contributed by atoms with E-state index in [1.54, 1.807) is 30.5 Å². The molecule has 4 rings (SSSR count). The summed E-state index contributed by atoms with van der Waals surface area (Å²) in [6.45, 7) is 3.89. The second kappa shape index (κ2) is 9.65. The van der Waals surface area contributed by atoms with E-state index in [9.17, 15) is 9.18 Å². The summed E-state index contributed by atoms with van der Waals surface area (Å²) in [4.78, 5) is 16.5. The predicted octanol–water partition coefficient (Wildman–Crippen LogP) is 5.94. The van der Waals surface area contributed by atoms with Gasteiger partial charge in [0.15, 0.2) is 28.9 Å². The molecule has 0 aliphatic carbocycles. The molecule has 0 saturated carbocycles. The molecule has 176 valence electrons. The third-order valence-electron chi connectivity index (χ3n) is 4.96. The van der Waals surface area contributed by atoms with Gasteiger partial charge in [-0.3, -0.25) is 10.3 Å². The Morgan fingerprint density at radius 1 is 0.971 bits per heavy atom. The van der Waals surface area contributed by atoms with Gasteiger partial charge in [0, 0.05) is 41.4 Å². The van der Waals surface area contributed by atoms with Crippen molar-refractivity contribution >= 4 is 28.4 Å². The van der Waals surface area contributed by atoms with Crippen LogP contribution in [0.1, 0.15) is 25.5 Å². The molecule has 4 aromatic rings. The van der Waals surface area contributed by atoms with Gasteiger partial charge in [0.1, 0.15) is 11.5 Å². The summed E-state index contributed by atoms with van der Waals surface area (Å²) in [5.74, 6) is 1.75. The highest BCUT2D eigenvalue weighted by atomic mass is 19.1. The molecule has 0 aliphatic heterocycles. The van der Waals surface area contributed by atoms with Crippen LogP contribution in [-0.2, 0) is 0 Å². The molecule has 10 heteroatoms. The standard InChI is InChI=1S/C24H23FN4O5/c1-13(2)20-12-23(29-34-20)28-24(30)27-14-5-6-19(16(25)9-14)33-18-7-8-26-17-11-22(32-4)21(31-3)10-15(17)18/h5-13H,1-4H3,(H2,27,28,29,30). The Hall–Kier alpha value is -4.34. The number of carbonyl (C=O) groups excluding carboxylic acids is 1. The molecule has 34 heavy (non-hydrogen) atoms. The Balaban J connectivity index is 1.50. The number of aromatic nitrogens is 2. The van der Waals surface area contributed by atoms with Gasteiger partial charge < -0.3 is 24.1 Å². The van der Waals surface area contributed by atoms with Crippen molar-refractivity contribution in [1.82, 2.24) is 10.1 Å². The van der Waals surface area contributed by atoms with E-state index in [1.807, 2.05) is 13.8 Å². The van der Waals surface area contributed by atoms with Crippen LogP contribution in [0.15, 0.2) is 53.2 Å². The van der Waals surface area contributed by atoms with Crippen molar-refractivity contribution in [2.24, 2.45) is 0 Å². The Kier molecular flexibility index (Phi) is 6.48. The molecular weight excluding hydrogens is 443 g/mol. The molecule has 0 atom stereocenters. The number of nitrogens with one attached hydrogen (secondary N) is 2. The van der Waals surface area contributed by atoms with E-state index < -0.39 is 11.8 Å². The number of pyridine rings is 1. The van der Waals surface area contributed by atoms with Gasteiger partial charge in [-0.2, -0.15) is 0 Å². The van der Waals surface area contributed by atoms with Crippen LogP contribution in [0.3, 0.4) is 0 Å². The third kappa shape index (κ3) is 4.85. The maximum absolute atomic E-state index is 14.8. The van der Waals surface area contributed by atoms with Crippen LogP contribution in [0.2, 0.25) is 0 Å². The van der Waals surface area contributed by atoms with Gasteiger partial charge >= 0.3 is 6.03 Å². The average molecular weight is 466 g/mol. The van der Waals surface area contributed by atoms with Crippen molar-refractivity contribution in [3.63, 3.8) is 0 Å². The molecule has 0 radical (unpaired) electrons. The van der Waals surface area contributed by atoms with Crippen LogP contribution in [0.5, 0.6) is 23.0 Å². The topological polar surface area (TPSA) is 108 Å². The zero-order valence-corrected chi connectivity index (χ0v) is 19.0. The minimum Gasteiger partial charge on any atom is -0.493 e. The highest BCUT2D eigenvalue weighted by molar-refractivity contribution is 5.99. The first kappa shape index (κ1) is 22.8. The minimum atomic E-state index is -0.660. The van der Waals surface area contributed by atoms with Gasteiger partial charge in [-0.1, -0.05) is 19.0 Å². The molecule has 9 nitrogen and oxygen atoms in total. The first-order valence-electron chi connectivity index (χ1n) is 10.4. The molecule has 0 spiro atoms. The van der Waals surface area contributed by atoms with Crippen LogP contribution in [0.25, 0.3) is 10.9 Å². The van der Waals surface area contributed by atoms with Gasteiger partial charge in [0.2, 0.25) is 0 Å². The van der Waals surface area contributed by atoms with Crippen molar-refractivity contribution in [3.8, 4) is 23.0 Å². The lowest BCUT2D eigenvalue weighted by molar-refractivity contribution is 0.262. The Bertz CT molecular complexity index is 1340. The summed E-state index contributed by atoms with van der Waals surface area (Å²) >= 11 is 0. The van der Waals surface area contributed by atoms with Gasteiger partial charge in [-0.05, 0) is 24.3 Å². The maximum Gasteiger partial charge on any atom is 0.324 e. The first-order chi connectivity index (χ1) is 16.4. The van der Waals surface area contributed by atoms with Crippen molar-refractivity contribution in [3.05, 3.63) is 60.2 Å². The van der Waals surface area contributed by atoms with Crippen molar-refractivity contribution < 1.29 is 27.9 Å². The number of ether oxygens (including phenoxy) is 3. The van der Waals surface area contributed by atoms with Gasteiger partial charge in [0.25, 0.3) is 0 Å². The molecule has 0 aliphatic rings. The quantitative estimate of drug-likeness (QED) is 0.347. The number of hydrogen-bond donors (Lipinski definition) is 2. The largest absolute Gasteiger partial charge is 0.493 e. The number of methoxy groups -OCH3 is 2. The molecule has 2 aromatic carbocycles. The smallest absolute Gasteiger partial charge is 0.324 e. The summed E-state index contributed by atoms with van der Waals surface area (Å²) in [6, 6.07) is 10.2. The van der Waals surface area contributed by atoms with Gasteiger partial charge in [-0.15, -0.1) is 0 Å². The zero-order chi connectivity index (χ0) is 24.2. The van der Waals surface area contributed by atoms with E-state index in [-0.39, 0.29) is 23.2 Å². The highest BCUT2D eigenvalue weighted by Gasteiger charge is 2.15. The number of anilines is 2. The van der Waals surface area contributed by atoms with E-state index >= 15 is 0 Å². The summed E-state index contributed by atoms with van der Waals surface area (Å²) in [5.41, 5.74) is 0.833. The normalized spacial score (nSPS) is 10.9. The highest BCUT2D eigenvalue weighted by Crippen LogP contribution is 2.37. The van der Waals surface area contributed by atoms with Crippen LogP contribution in [0.4, 0.5) is 20.7 Å². The van der Waals surface area contributed by atoms with Crippen molar-refractivity contribution in [2.75, 3.05) is 24.9 Å². The Morgan fingerprint density at radius 2 is 1.74 bits per heavy atom. The van der Waals surface area contributed by atoms with Crippen LogP contribution >= 0.6 is 0 Å². The summed E-state index contributed by atoms with van der Waals surface area (Å²) in [7, 11) is 3.05. The molecule has 0 bridgehead atoms. The number of fused-ring (bicyclic) bond motifs is 1. The first-order valence-corrected chi connectivity index (χ1v) is 10.4. The van der Waals surface area contributed by atoms with E-state index in [2.05, 4.69) is 20.8 Å². The average Bonchev–Trinajstić information content (AvgIpc) is 3.28. The zero-order valence-electron chi connectivity index (χ0n) is 19.0. The fourth-order valence-electron chi connectivity index (χ4n) is 3.22. The Labute approximate surface area is 194 Å². The molecule has 0 fully saturated rings. The molecule has 0 unspecified atom stereocenters. The fourth-order valence-corrected chi connectivity index (χ4v) is 3.22. The van der Waals surface area contributed by atoms with E-state index in [0.717, 1.165) is 6.07 Å². The summed E-state index contributed by atoms with van der Waals surface area (Å²) in [6.07, 6.45) is 1.55. The lowest BCUT2D eigenvalue weighted by Gasteiger charge is -2.13. The van der Waals surface area contributed by atoms with Crippen LogP contribution in [0, 0.1) is 5.82 Å². The number of amides is 2. The third-order valence-corrected chi connectivity index (χ3v) is 4.96. The fraction of sp³-hybridized carbons (Fsp3) is 0.208. The van der Waals surface area contributed by atoms with Crippen LogP contribution < -0.4 is 24.8 Å². The minimum absolute atomic E-state index is 0.0219. The van der Waals surface area contributed by atoms with Gasteiger partial charge in [-0.25, -0.2) is 9.18 Å². The maximum atomic E-state index is 14.8. The van der Waals surface area contributed by atoms with E-state index in [4.69, 9.17) is 18.7 Å². The number of carbonyl (C=O) groups is 1. The molecule has 2 aromatic heterocycles. The molecule has 2 heterocycles. The van der Waals surface area contributed by atoms with E-state index in [0.29, 0.717) is 33.9 Å². The second-order valence-electron chi connectivity index (χ2n) is 7.63. The summed E-state index contributed by atoms with van der Waals surface area (Å²) < 4.78 is 36.4. The lowest BCUT2D eigenvalue weighted by Crippen LogP contribution is -2.19. The Morgan fingerprint density at radius 3 is 2.41 bits per heavy atom. The number of rotatable bonds is 7. The number of nitrogens with zero attached hydrogens (tertiary/aromatic N) is 2. The molecule has 2 N–H and O–H groups in total. The van der Waals surface area contributed by atoms with Crippen LogP contribution in [-0.4, -0.2) is 30.4 Å². The second-order valence-corrected chi connectivity index (χ2v) is 7.63. The monoisotopic (exact) mass is 466 g/mol. The molecule has 0 saturated heterocycles. The number of benzene rings is 2. The number of halogens is 1. The van der Waals surface area contributed by atoms with Crippen molar-refractivity contribution in [2.45, 2.75) is 19.8 Å². The van der Waals surface area contributed by atoms with E-state index in [1.165, 1.54) is 26.4 Å².